The third-order valence-corrected chi connectivity index (χ3v) is 8.36. The van der Waals surface area contributed by atoms with E-state index in [0.717, 1.165) is 38.5 Å². The molecule has 9 heteroatoms. The van der Waals surface area contributed by atoms with Crippen LogP contribution in [0, 0.1) is 0 Å². The predicted molar refractivity (Wildman–Crippen MR) is 175 cm³/mol. The van der Waals surface area contributed by atoms with Gasteiger partial charge in [0.25, 0.3) is 0 Å². The zero-order chi connectivity index (χ0) is 31.9. The first-order valence-electron chi connectivity index (χ1n) is 17.8. The van der Waals surface area contributed by atoms with E-state index < -0.39 is 32.5 Å². The maximum Gasteiger partial charge on any atom is 0.469 e. The van der Waals surface area contributed by atoms with Gasteiger partial charge in [0.2, 0.25) is 0 Å². The fraction of sp³-hybridized carbons (Fsp3) is 0.941. The Bertz CT molecular complexity index is 681. The molecule has 0 bridgehead atoms. The van der Waals surface area contributed by atoms with Crippen LogP contribution in [0.2, 0.25) is 0 Å². The molecule has 0 heterocycles. The highest BCUT2D eigenvalue weighted by molar-refractivity contribution is 7.46. The molecule has 0 aliphatic rings. The van der Waals surface area contributed by atoms with Crippen molar-refractivity contribution in [2.24, 2.45) is 0 Å². The van der Waals surface area contributed by atoms with Gasteiger partial charge < -0.3 is 19.3 Å². The van der Waals surface area contributed by atoms with E-state index in [-0.39, 0.29) is 19.4 Å². The van der Waals surface area contributed by atoms with Gasteiger partial charge in [-0.3, -0.25) is 14.1 Å². The third-order valence-electron chi connectivity index (χ3n) is 7.88. The van der Waals surface area contributed by atoms with Crippen LogP contribution in [0.4, 0.5) is 0 Å². The Kier molecular flexibility index (Phi) is 30.4. The summed E-state index contributed by atoms with van der Waals surface area (Å²) in [4.78, 5) is 42.5. The molecule has 0 unspecified atom stereocenters. The number of esters is 2. The number of hydrogen-bond donors (Lipinski definition) is 2. The minimum atomic E-state index is -4.73. The van der Waals surface area contributed by atoms with Gasteiger partial charge in [-0.15, -0.1) is 0 Å². The van der Waals surface area contributed by atoms with E-state index in [1.54, 1.807) is 0 Å². The van der Waals surface area contributed by atoms with Gasteiger partial charge in [-0.2, -0.15) is 0 Å². The number of carbonyl (C=O) groups excluding carboxylic acids is 2. The van der Waals surface area contributed by atoms with Crippen molar-refractivity contribution in [2.45, 2.75) is 193 Å². The largest absolute Gasteiger partial charge is 0.469 e. The van der Waals surface area contributed by atoms with Gasteiger partial charge in [-0.1, -0.05) is 162 Å². The van der Waals surface area contributed by atoms with Gasteiger partial charge in [-0.05, 0) is 12.8 Å². The third kappa shape index (κ3) is 33.8. The van der Waals surface area contributed by atoms with E-state index in [2.05, 4.69) is 18.4 Å². The van der Waals surface area contributed by atoms with Crippen LogP contribution < -0.4 is 0 Å². The molecule has 0 aromatic rings. The maximum atomic E-state index is 12.3. The lowest BCUT2D eigenvalue weighted by Crippen LogP contribution is -2.29. The van der Waals surface area contributed by atoms with Gasteiger partial charge in [-0.25, -0.2) is 4.57 Å². The summed E-state index contributed by atoms with van der Waals surface area (Å²) in [6, 6.07) is 0. The molecule has 1 atom stereocenters. The van der Waals surface area contributed by atoms with E-state index in [0.29, 0.717) is 6.42 Å². The van der Waals surface area contributed by atoms with Crippen LogP contribution in [0.1, 0.15) is 187 Å². The van der Waals surface area contributed by atoms with Crippen molar-refractivity contribution >= 4 is 19.8 Å². The summed E-state index contributed by atoms with van der Waals surface area (Å²) in [5.74, 6) is -0.877. The highest BCUT2D eigenvalue weighted by Gasteiger charge is 2.22. The van der Waals surface area contributed by atoms with Gasteiger partial charge in [0.15, 0.2) is 6.10 Å². The summed E-state index contributed by atoms with van der Waals surface area (Å²) in [7, 11) is -4.73. The number of rotatable bonds is 33. The molecule has 0 amide bonds. The van der Waals surface area contributed by atoms with Crippen LogP contribution in [0.3, 0.4) is 0 Å². The Balaban J connectivity index is 3.89. The number of phosphoric acid groups is 1. The fourth-order valence-corrected chi connectivity index (χ4v) is 5.56. The van der Waals surface area contributed by atoms with E-state index >= 15 is 0 Å². The topological polar surface area (TPSA) is 119 Å². The van der Waals surface area contributed by atoms with E-state index in [1.165, 1.54) is 116 Å². The normalized spacial score (nSPS) is 12.4. The van der Waals surface area contributed by atoms with Gasteiger partial charge in [0, 0.05) is 12.8 Å². The monoisotopic (exact) mass is 634 g/mol. The molecule has 8 nitrogen and oxygen atoms in total. The molecular formula is C34H67O8P. The Hall–Kier alpha value is -0.950. The van der Waals surface area contributed by atoms with Crippen molar-refractivity contribution in [1.29, 1.82) is 0 Å². The maximum absolute atomic E-state index is 12.3. The van der Waals surface area contributed by atoms with Crippen LogP contribution in [0.25, 0.3) is 0 Å². The molecule has 0 aromatic carbocycles. The second-order valence-electron chi connectivity index (χ2n) is 12.2. The van der Waals surface area contributed by atoms with E-state index in [9.17, 15) is 14.2 Å². The van der Waals surface area contributed by atoms with Gasteiger partial charge in [0.05, 0.1) is 6.61 Å². The number of hydrogen-bond acceptors (Lipinski definition) is 6. The lowest BCUT2D eigenvalue weighted by molar-refractivity contribution is -0.161. The van der Waals surface area contributed by atoms with Crippen molar-refractivity contribution in [2.75, 3.05) is 13.2 Å². The van der Waals surface area contributed by atoms with Crippen molar-refractivity contribution in [3.05, 3.63) is 0 Å². The van der Waals surface area contributed by atoms with Crippen molar-refractivity contribution in [3.8, 4) is 0 Å². The van der Waals surface area contributed by atoms with Crippen molar-refractivity contribution in [3.63, 3.8) is 0 Å². The van der Waals surface area contributed by atoms with Crippen LogP contribution in [-0.2, 0) is 28.2 Å². The molecular weight excluding hydrogens is 567 g/mol. The molecule has 0 aliphatic heterocycles. The minimum absolute atomic E-state index is 0.218. The molecule has 2 N–H and O–H groups in total. The molecule has 43 heavy (non-hydrogen) atoms. The summed E-state index contributed by atoms with van der Waals surface area (Å²) < 4.78 is 26.2. The first-order valence-corrected chi connectivity index (χ1v) is 19.4. The zero-order valence-electron chi connectivity index (χ0n) is 27.9. The van der Waals surface area contributed by atoms with Crippen LogP contribution in [0.15, 0.2) is 0 Å². The SMILES string of the molecule is CCCCCCCCCCCCCCCCCCC(=O)OC[C@H](COP(=O)(O)O)OC(=O)CCCCCCCCCCC. The average molecular weight is 635 g/mol. The average Bonchev–Trinajstić information content (AvgIpc) is 2.97. The molecule has 0 fully saturated rings. The molecule has 0 saturated carbocycles. The molecule has 0 radical (unpaired) electrons. The minimum Gasteiger partial charge on any atom is -0.462 e. The summed E-state index contributed by atoms with van der Waals surface area (Å²) >= 11 is 0. The predicted octanol–water partition coefficient (Wildman–Crippen LogP) is 10.1. The molecule has 0 spiro atoms. The highest BCUT2D eigenvalue weighted by Crippen LogP contribution is 2.36. The second-order valence-corrected chi connectivity index (χ2v) is 13.5. The Morgan fingerprint density at radius 3 is 1.19 bits per heavy atom. The quantitative estimate of drug-likeness (QED) is 0.0416. The summed E-state index contributed by atoms with van der Waals surface area (Å²) in [5.41, 5.74) is 0. The van der Waals surface area contributed by atoms with E-state index in [4.69, 9.17) is 19.3 Å². The summed E-state index contributed by atoms with van der Waals surface area (Å²) in [5, 5.41) is 0. The van der Waals surface area contributed by atoms with Crippen molar-refractivity contribution in [1.82, 2.24) is 0 Å². The van der Waals surface area contributed by atoms with Crippen LogP contribution >= 0.6 is 7.82 Å². The second kappa shape index (κ2) is 31.0. The number of unbranched alkanes of at least 4 members (excludes halogenated alkanes) is 23. The number of phosphoric ester groups is 1. The highest BCUT2D eigenvalue weighted by atomic mass is 31.2. The Morgan fingerprint density at radius 2 is 0.837 bits per heavy atom. The molecule has 0 rings (SSSR count). The molecule has 256 valence electrons. The number of ether oxygens (including phenoxy) is 2. The fourth-order valence-electron chi connectivity index (χ4n) is 5.20. The molecule has 0 aliphatic carbocycles. The van der Waals surface area contributed by atoms with Crippen LogP contribution in [-0.4, -0.2) is 41.0 Å². The summed E-state index contributed by atoms with van der Waals surface area (Å²) in [6.07, 6.45) is 29.8. The zero-order valence-corrected chi connectivity index (χ0v) is 28.8. The number of carbonyl (C=O) groups is 2. The molecule has 0 aromatic heterocycles. The first kappa shape index (κ1) is 42.0. The Labute approximate surface area is 264 Å². The standard InChI is InChI=1S/C34H67O8P/c1-3-5-7-9-11-13-14-15-16-17-18-19-21-22-24-26-28-33(35)40-30-32(31-41-43(37,38)39)42-34(36)29-27-25-23-20-12-10-8-6-4-2/h32H,3-31H2,1-2H3,(H2,37,38,39)/t32-/m1/s1. The molecule has 0 saturated heterocycles. The Morgan fingerprint density at radius 1 is 0.512 bits per heavy atom. The lowest BCUT2D eigenvalue weighted by Gasteiger charge is -2.18. The van der Waals surface area contributed by atoms with E-state index in [1.807, 2.05) is 0 Å². The summed E-state index contributed by atoms with van der Waals surface area (Å²) in [6.45, 7) is 3.66. The first-order chi connectivity index (χ1) is 20.8. The van der Waals surface area contributed by atoms with Crippen molar-refractivity contribution < 1.29 is 37.9 Å². The van der Waals surface area contributed by atoms with Gasteiger partial charge >= 0.3 is 19.8 Å². The lowest BCUT2D eigenvalue weighted by atomic mass is 10.0. The van der Waals surface area contributed by atoms with Gasteiger partial charge in [0.1, 0.15) is 6.61 Å². The van der Waals surface area contributed by atoms with Crippen LogP contribution in [0.5, 0.6) is 0 Å². The smallest absolute Gasteiger partial charge is 0.462 e.